The quantitative estimate of drug-likeness (QED) is 0.610. The van der Waals surface area contributed by atoms with Crippen LogP contribution in [0.4, 0.5) is 5.69 Å². The van der Waals surface area contributed by atoms with E-state index in [0.717, 1.165) is 17.7 Å². The van der Waals surface area contributed by atoms with Crippen molar-refractivity contribution < 1.29 is 5.11 Å². The van der Waals surface area contributed by atoms with Gasteiger partial charge in [-0.1, -0.05) is 45.0 Å². The van der Waals surface area contributed by atoms with Crippen molar-refractivity contribution in [1.82, 2.24) is 0 Å². The van der Waals surface area contributed by atoms with E-state index in [4.69, 9.17) is 5.73 Å². The molecule has 3 N–H and O–H groups in total. The predicted molar refractivity (Wildman–Crippen MR) is 100 cm³/mol. The SMILES string of the molecule is CC(C)Cc1ccc(C(C)C(N)=Nc2ccc(O)cc2)cc1.Cl. The molecule has 1 atom stereocenters. The summed E-state index contributed by atoms with van der Waals surface area (Å²) in [6, 6.07) is 15.3. The number of rotatable bonds is 5. The predicted octanol–water partition coefficient (Wildman–Crippen LogP) is 4.80. The lowest BCUT2D eigenvalue weighted by molar-refractivity contribution is 0.475. The van der Waals surface area contributed by atoms with Gasteiger partial charge in [-0.05, 0) is 47.7 Å². The molecule has 0 aliphatic carbocycles. The molecule has 0 bridgehead atoms. The number of aliphatic imine (C=N–C) groups is 1. The first-order valence-corrected chi connectivity index (χ1v) is 7.67. The van der Waals surface area contributed by atoms with Crippen molar-refractivity contribution in [2.75, 3.05) is 0 Å². The van der Waals surface area contributed by atoms with Crippen molar-refractivity contribution in [3.05, 3.63) is 59.7 Å². The highest BCUT2D eigenvalue weighted by molar-refractivity contribution is 5.89. The summed E-state index contributed by atoms with van der Waals surface area (Å²) in [4.78, 5) is 4.43. The first-order chi connectivity index (χ1) is 10.5. The van der Waals surface area contributed by atoms with Gasteiger partial charge in [0.1, 0.15) is 11.6 Å². The Morgan fingerprint density at radius 2 is 1.57 bits per heavy atom. The Hall–Kier alpha value is -2.00. The number of hydrogen-bond acceptors (Lipinski definition) is 2. The molecule has 2 aromatic carbocycles. The van der Waals surface area contributed by atoms with E-state index in [1.807, 2.05) is 0 Å². The zero-order valence-corrected chi connectivity index (χ0v) is 14.7. The van der Waals surface area contributed by atoms with Gasteiger partial charge >= 0.3 is 0 Å². The number of amidine groups is 1. The van der Waals surface area contributed by atoms with Crippen molar-refractivity contribution in [3.8, 4) is 5.75 Å². The minimum Gasteiger partial charge on any atom is -0.508 e. The van der Waals surface area contributed by atoms with Crippen LogP contribution in [-0.2, 0) is 6.42 Å². The van der Waals surface area contributed by atoms with Gasteiger partial charge in [0.25, 0.3) is 0 Å². The highest BCUT2D eigenvalue weighted by atomic mass is 35.5. The maximum atomic E-state index is 9.29. The largest absolute Gasteiger partial charge is 0.508 e. The molecule has 0 fully saturated rings. The van der Waals surface area contributed by atoms with Crippen LogP contribution < -0.4 is 5.73 Å². The number of phenols is 1. The second-order valence-electron chi connectivity index (χ2n) is 6.11. The van der Waals surface area contributed by atoms with Crippen LogP contribution in [0.15, 0.2) is 53.5 Å². The fraction of sp³-hybridized carbons (Fsp3) is 0.316. The van der Waals surface area contributed by atoms with E-state index in [-0.39, 0.29) is 24.1 Å². The van der Waals surface area contributed by atoms with Crippen molar-refractivity contribution in [2.45, 2.75) is 33.1 Å². The molecule has 0 aliphatic rings. The van der Waals surface area contributed by atoms with Crippen LogP contribution in [-0.4, -0.2) is 10.9 Å². The lowest BCUT2D eigenvalue weighted by Crippen LogP contribution is -2.19. The average molecular weight is 333 g/mol. The molecule has 0 spiro atoms. The van der Waals surface area contributed by atoms with E-state index in [1.54, 1.807) is 24.3 Å². The third-order valence-corrected chi connectivity index (χ3v) is 3.68. The molecule has 1 unspecified atom stereocenters. The minimum absolute atomic E-state index is 0. The van der Waals surface area contributed by atoms with Crippen LogP contribution in [0.1, 0.15) is 37.8 Å². The molecule has 0 radical (unpaired) electrons. The molecular formula is C19H25ClN2O. The van der Waals surface area contributed by atoms with Gasteiger partial charge < -0.3 is 10.8 Å². The third kappa shape index (κ3) is 5.61. The van der Waals surface area contributed by atoms with Gasteiger partial charge in [-0.15, -0.1) is 12.4 Å². The molecule has 2 rings (SSSR count). The van der Waals surface area contributed by atoms with E-state index >= 15 is 0 Å². The fourth-order valence-corrected chi connectivity index (χ4v) is 2.36. The van der Waals surface area contributed by atoms with Crippen molar-refractivity contribution in [2.24, 2.45) is 16.6 Å². The highest BCUT2D eigenvalue weighted by Gasteiger charge is 2.10. The molecular weight excluding hydrogens is 308 g/mol. The van der Waals surface area contributed by atoms with Gasteiger partial charge in [0.2, 0.25) is 0 Å². The minimum atomic E-state index is 0. The Kier molecular flexibility index (Phi) is 7.11. The molecule has 124 valence electrons. The number of benzene rings is 2. The van der Waals surface area contributed by atoms with Crippen LogP contribution in [0, 0.1) is 5.92 Å². The first kappa shape index (κ1) is 19.0. The second-order valence-corrected chi connectivity index (χ2v) is 6.11. The molecule has 0 heterocycles. The summed E-state index contributed by atoms with van der Waals surface area (Å²) < 4.78 is 0. The van der Waals surface area contributed by atoms with Crippen LogP contribution in [0.25, 0.3) is 0 Å². The van der Waals surface area contributed by atoms with Crippen LogP contribution in [0.5, 0.6) is 5.75 Å². The summed E-state index contributed by atoms with van der Waals surface area (Å²) in [6.45, 7) is 6.49. The number of aromatic hydroxyl groups is 1. The maximum absolute atomic E-state index is 9.29. The van der Waals surface area contributed by atoms with E-state index in [2.05, 4.69) is 50.0 Å². The Labute approximate surface area is 144 Å². The van der Waals surface area contributed by atoms with Crippen molar-refractivity contribution in [1.29, 1.82) is 0 Å². The average Bonchev–Trinajstić information content (AvgIpc) is 2.49. The van der Waals surface area contributed by atoms with Crippen LogP contribution in [0.2, 0.25) is 0 Å². The zero-order chi connectivity index (χ0) is 16.1. The Morgan fingerprint density at radius 1 is 1.00 bits per heavy atom. The van der Waals surface area contributed by atoms with Gasteiger partial charge in [-0.3, -0.25) is 0 Å². The topological polar surface area (TPSA) is 58.6 Å². The number of nitrogens with two attached hydrogens (primary N) is 1. The number of halogens is 1. The highest BCUT2D eigenvalue weighted by Crippen LogP contribution is 2.21. The van der Waals surface area contributed by atoms with Crippen LogP contribution in [0.3, 0.4) is 0 Å². The molecule has 23 heavy (non-hydrogen) atoms. The molecule has 0 aromatic heterocycles. The molecule has 0 aliphatic heterocycles. The lowest BCUT2D eigenvalue weighted by atomic mass is 9.96. The smallest absolute Gasteiger partial charge is 0.115 e. The Morgan fingerprint density at radius 3 is 2.09 bits per heavy atom. The van der Waals surface area contributed by atoms with Gasteiger partial charge in [0, 0.05) is 5.92 Å². The number of phenolic OH excluding ortho intramolecular Hbond substituents is 1. The number of nitrogens with zero attached hydrogens (tertiary/aromatic N) is 1. The Bertz CT molecular complexity index is 633. The summed E-state index contributed by atoms with van der Waals surface area (Å²) in [5.74, 6) is 1.51. The Balaban J connectivity index is 0.00000264. The first-order valence-electron chi connectivity index (χ1n) is 7.67. The second kappa shape index (κ2) is 8.59. The summed E-state index contributed by atoms with van der Waals surface area (Å²) in [5, 5.41) is 9.29. The van der Waals surface area contributed by atoms with E-state index in [9.17, 15) is 5.11 Å². The summed E-state index contributed by atoms with van der Waals surface area (Å²) in [7, 11) is 0. The monoisotopic (exact) mass is 332 g/mol. The van der Waals surface area contributed by atoms with Crippen molar-refractivity contribution >= 4 is 23.9 Å². The zero-order valence-electron chi connectivity index (χ0n) is 13.9. The third-order valence-electron chi connectivity index (χ3n) is 3.68. The summed E-state index contributed by atoms with van der Waals surface area (Å²) >= 11 is 0. The van der Waals surface area contributed by atoms with Crippen LogP contribution >= 0.6 is 12.4 Å². The summed E-state index contributed by atoms with van der Waals surface area (Å²) in [5.41, 5.74) is 9.38. The molecule has 2 aromatic rings. The molecule has 0 saturated carbocycles. The fourth-order valence-electron chi connectivity index (χ4n) is 2.36. The molecule has 0 saturated heterocycles. The normalized spacial score (nSPS) is 12.8. The van der Waals surface area contributed by atoms with E-state index < -0.39 is 0 Å². The maximum Gasteiger partial charge on any atom is 0.115 e. The van der Waals surface area contributed by atoms with E-state index in [1.165, 1.54) is 5.56 Å². The van der Waals surface area contributed by atoms with Crippen molar-refractivity contribution in [3.63, 3.8) is 0 Å². The van der Waals surface area contributed by atoms with Gasteiger partial charge in [-0.2, -0.15) is 0 Å². The standard InChI is InChI=1S/C19H24N2O.ClH/c1-13(2)12-15-4-6-16(7-5-15)14(3)19(20)21-17-8-10-18(22)11-9-17;/h4-11,13-14,22H,12H2,1-3H3,(H2,20,21);1H. The molecule has 4 heteroatoms. The molecule has 3 nitrogen and oxygen atoms in total. The van der Waals surface area contributed by atoms with E-state index in [0.29, 0.717) is 11.8 Å². The van der Waals surface area contributed by atoms with Gasteiger partial charge in [-0.25, -0.2) is 4.99 Å². The van der Waals surface area contributed by atoms with Gasteiger partial charge in [0.05, 0.1) is 5.69 Å². The van der Waals surface area contributed by atoms with Gasteiger partial charge in [0.15, 0.2) is 0 Å². The lowest BCUT2D eigenvalue weighted by Gasteiger charge is -2.13. The molecule has 0 amide bonds. The number of hydrogen-bond donors (Lipinski definition) is 2. The summed E-state index contributed by atoms with van der Waals surface area (Å²) in [6.07, 6.45) is 1.09.